The molecule has 2 atom stereocenters. The Morgan fingerprint density at radius 1 is 1.00 bits per heavy atom. The first-order chi connectivity index (χ1) is 14.0. The molecular formula is C19H35N7O4. The van der Waals surface area contributed by atoms with Gasteiger partial charge in [0.25, 0.3) is 0 Å². The van der Waals surface area contributed by atoms with Crippen molar-refractivity contribution in [1.82, 2.24) is 16.0 Å². The normalized spacial score (nSPS) is 16.9. The lowest BCUT2D eigenvalue weighted by Crippen LogP contribution is -2.61. The number of rotatable bonds is 11. The summed E-state index contributed by atoms with van der Waals surface area (Å²) in [7, 11) is 0. The molecule has 170 valence electrons. The second-order valence-corrected chi connectivity index (χ2v) is 8.07. The number of primary amides is 1. The molecule has 0 heterocycles. The third kappa shape index (κ3) is 7.53. The number of guanidine groups is 1. The Hall–Kier alpha value is -2.85. The van der Waals surface area contributed by atoms with Crippen molar-refractivity contribution < 1.29 is 19.2 Å². The summed E-state index contributed by atoms with van der Waals surface area (Å²) in [6, 6.07) is -1.73. The van der Waals surface area contributed by atoms with Crippen molar-refractivity contribution in [3.63, 3.8) is 0 Å². The fraction of sp³-hybridized carbons (Fsp3) is 0.737. The van der Waals surface area contributed by atoms with Crippen LogP contribution in [0.5, 0.6) is 0 Å². The van der Waals surface area contributed by atoms with Crippen LogP contribution in [0.2, 0.25) is 0 Å². The van der Waals surface area contributed by atoms with Crippen molar-refractivity contribution in [1.29, 1.82) is 0 Å². The van der Waals surface area contributed by atoms with Gasteiger partial charge in [0.1, 0.15) is 17.6 Å². The zero-order chi connectivity index (χ0) is 22.9. The number of aliphatic imine (C=N–C) groups is 1. The van der Waals surface area contributed by atoms with Crippen LogP contribution in [0.1, 0.15) is 59.3 Å². The first-order valence-corrected chi connectivity index (χ1v) is 10.2. The zero-order valence-corrected chi connectivity index (χ0v) is 18.0. The van der Waals surface area contributed by atoms with Crippen LogP contribution < -0.4 is 33.2 Å². The Bertz CT molecular complexity index is 668. The van der Waals surface area contributed by atoms with Gasteiger partial charge in [-0.15, -0.1) is 0 Å². The first-order valence-electron chi connectivity index (χ1n) is 10.2. The zero-order valence-electron chi connectivity index (χ0n) is 18.0. The summed E-state index contributed by atoms with van der Waals surface area (Å²) < 4.78 is 0. The molecule has 0 aromatic carbocycles. The molecule has 1 fully saturated rings. The van der Waals surface area contributed by atoms with E-state index in [4.69, 9.17) is 17.2 Å². The Morgan fingerprint density at radius 2 is 1.60 bits per heavy atom. The molecule has 30 heavy (non-hydrogen) atoms. The maximum absolute atomic E-state index is 13.0. The van der Waals surface area contributed by atoms with Crippen LogP contribution in [0.3, 0.4) is 0 Å². The lowest BCUT2D eigenvalue weighted by Gasteiger charge is -2.30. The lowest BCUT2D eigenvalue weighted by atomic mass is 9.95. The Labute approximate surface area is 177 Å². The largest absolute Gasteiger partial charge is 0.370 e. The molecule has 11 nitrogen and oxygen atoms in total. The summed E-state index contributed by atoms with van der Waals surface area (Å²) in [5.41, 5.74) is 15.1. The van der Waals surface area contributed by atoms with E-state index in [0.717, 1.165) is 12.8 Å². The van der Waals surface area contributed by atoms with Gasteiger partial charge in [-0.25, -0.2) is 0 Å². The van der Waals surface area contributed by atoms with E-state index in [2.05, 4.69) is 20.9 Å². The van der Waals surface area contributed by atoms with Crippen molar-refractivity contribution in [3.8, 4) is 0 Å². The molecule has 0 bridgehead atoms. The molecule has 1 saturated carbocycles. The van der Waals surface area contributed by atoms with Crippen LogP contribution in [0.15, 0.2) is 4.99 Å². The average Bonchev–Trinajstić information content (AvgIpc) is 3.11. The van der Waals surface area contributed by atoms with Crippen molar-refractivity contribution in [2.45, 2.75) is 76.9 Å². The third-order valence-electron chi connectivity index (χ3n) is 5.18. The van der Waals surface area contributed by atoms with Crippen molar-refractivity contribution in [2.24, 2.45) is 28.1 Å². The minimum atomic E-state index is -1.10. The number of carbonyl (C=O) groups excluding carboxylic acids is 4. The minimum absolute atomic E-state index is 0.0656. The quantitative estimate of drug-likeness (QED) is 0.134. The molecule has 11 heteroatoms. The third-order valence-corrected chi connectivity index (χ3v) is 5.18. The number of hydrogen-bond donors (Lipinski definition) is 6. The predicted octanol–water partition coefficient (Wildman–Crippen LogP) is -1.40. The average molecular weight is 426 g/mol. The van der Waals surface area contributed by atoms with E-state index in [0.29, 0.717) is 19.3 Å². The van der Waals surface area contributed by atoms with Gasteiger partial charge in [-0.05, 0) is 31.6 Å². The Balaban J connectivity index is 2.95. The van der Waals surface area contributed by atoms with E-state index >= 15 is 0 Å². The van der Waals surface area contributed by atoms with Crippen LogP contribution in [-0.2, 0) is 19.2 Å². The molecule has 0 aliphatic heterocycles. The summed E-state index contributed by atoms with van der Waals surface area (Å²) in [4.78, 5) is 53.1. The number of hydrogen-bond acceptors (Lipinski definition) is 5. The molecule has 1 aliphatic rings. The molecule has 9 N–H and O–H groups in total. The van der Waals surface area contributed by atoms with Crippen molar-refractivity contribution in [2.75, 3.05) is 6.54 Å². The van der Waals surface area contributed by atoms with Gasteiger partial charge in [-0.1, -0.05) is 26.7 Å². The standard InChI is InChI=1S/C19H35N7O4/c1-11(2)14(24-12(3)27)16(29)25-13(7-6-10-23-18(21)22)15(28)26-19(17(20)30)8-4-5-9-19/h11,13-14H,4-10H2,1-3H3,(H2,20,30)(H,24,27)(H,25,29)(H,26,28)(H4,21,22,23)/t13-,14-/m0/s1. The molecule has 0 radical (unpaired) electrons. The number of nitrogens with two attached hydrogens (primary N) is 3. The van der Waals surface area contributed by atoms with Crippen LogP contribution in [0, 0.1) is 5.92 Å². The summed E-state index contributed by atoms with van der Waals surface area (Å²) in [5.74, 6) is -2.18. The van der Waals surface area contributed by atoms with Crippen LogP contribution in [0.4, 0.5) is 0 Å². The fourth-order valence-electron chi connectivity index (χ4n) is 3.52. The van der Waals surface area contributed by atoms with Crippen molar-refractivity contribution in [3.05, 3.63) is 0 Å². The van der Waals surface area contributed by atoms with Gasteiger partial charge in [0, 0.05) is 13.5 Å². The van der Waals surface area contributed by atoms with E-state index < -0.39 is 35.3 Å². The lowest BCUT2D eigenvalue weighted by molar-refractivity contribution is -0.135. The van der Waals surface area contributed by atoms with E-state index in [-0.39, 0.29) is 30.8 Å². The minimum Gasteiger partial charge on any atom is -0.370 e. The van der Waals surface area contributed by atoms with Gasteiger partial charge in [-0.2, -0.15) is 0 Å². The molecule has 0 aromatic heterocycles. The summed E-state index contributed by atoms with van der Waals surface area (Å²) in [6.45, 7) is 5.17. The highest BCUT2D eigenvalue weighted by Crippen LogP contribution is 2.29. The number of nitrogens with one attached hydrogen (secondary N) is 3. The molecule has 0 spiro atoms. The van der Waals surface area contributed by atoms with Gasteiger partial charge < -0.3 is 33.2 Å². The highest BCUT2D eigenvalue weighted by Gasteiger charge is 2.42. The number of carbonyl (C=O) groups is 4. The number of amides is 4. The maximum atomic E-state index is 13.0. The summed E-state index contributed by atoms with van der Waals surface area (Å²) in [6.07, 6.45) is 3.15. The van der Waals surface area contributed by atoms with E-state index in [1.165, 1.54) is 6.92 Å². The maximum Gasteiger partial charge on any atom is 0.243 e. The molecule has 4 amide bonds. The highest BCUT2D eigenvalue weighted by atomic mass is 16.2. The fourth-order valence-corrected chi connectivity index (χ4v) is 3.52. The molecule has 0 saturated heterocycles. The molecule has 1 aliphatic carbocycles. The molecular weight excluding hydrogens is 390 g/mol. The van der Waals surface area contributed by atoms with E-state index in [1.807, 2.05) is 0 Å². The molecule has 0 unspecified atom stereocenters. The van der Waals surface area contributed by atoms with Crippen LogP contribution in [-0.4, -0.2) is 53.8 Å². The Morgan fingerprint density at radius 3 is 2.07 bits per heavy atom. The second kappa shape index (κ2) is 11.4. The van der Waals surface area contributed by atoms with Crippen molar-refractivity contribution >= 4 is 29.6 Å². The SMILES string of the molecule is CC(=O)N[C@H](C(=O)N[C@@H](CCCN=C(N)N)C(=O)NC1(C(N)=O)CCCC1)C(C)C. The topological polar surface area (TPSA) is 195 Å². The van der Waals surface area contributed by atoms with Crippen LogP contribution >= 0.6 is 0 Å². The van der Waals surface area contributed by atoms with Gasteiger partial charge in [-0.3, -0.25) is 24.2 Å². The first kappa shape index (κ1) is 25.2. The monoisotopic (exact) mass is 425 g/mol. The second-order valence-electron chi connectivity index (χ2n) is 8.07. The highest BCUT2D eigenvalue weighted by molar-refractivity contribution is 5.95. The molecule has 1 rings (SSSR count). The van der Waals surface area contributed by atoms with Crippen LogP contribution in [0.25, 0.3) is 0 Å². The van der Waals surface area contributed by atoms with Gasteiger partial charge in [0.05, 0.1) is 0 Å². The predicted molar refractivity (Wildman–Crippen MR) is 113 cm³/mol. The smallest absolute Gasteiger partial charge is 0.243 e. The van der Waals surface area contributed by atoms with E-state index in [9.17, 15) is 19.2 Å². The summed E-state index contributed by atoms with van der Waals surface area (Å²) in [5, 5.41) is 8.04. The Kier molecular flexibility index (Phi) is 9.54. The van der Waals surface area contributed by atoms with Gasteiger partial charge in [0.2, 0.25) is 23.6 Å². The molecule has 0 aromatic rings. The van der Waals surface area contributed by atoms with E-state index in [1.54, 1.807) is 13.8 Å². The van der Waals surface area contributed by atoms with Gasteiger partial charge in [0.15, 0.2) is 5.96 Å². The van der Waals surface area contributed by atoms with Gasteiger partial charge >= 0.3 is 0 Å². The number of nitrogens with zero attached hydrogens (tertiary/aromatic N) is 1. The summed E-state index contributed by atoms with van der Waals surface area (Å²) >= 11 is 0.